The van der Waals surface area contributed by atoms with Crippen LogP contribution in [0.15, 0.2) is 24.3 Å². The van der Waals surface area contributed by atoms with Gasteiger partial charge in [-0.1, -0.05) is 6.42 Å². The van der Waals surface area contributed by atoms with Crippen molar-refractivity contribution in [3.05, 3.63) is 29.8 Å². The molecular weight excluding hydrogens is 278 g/mol. The Morgan fingerprint density at radius 2 is 2.05 bits per heavy atom. The molecule has 1 fully saturated rings. The predicted molar refractivity (Wildman–Crippen MR) is 75.6 cm³/mol. The molecule has 0 spiro atoms. The van der Waals surface area contributed by atoms with Gasteiger partial charge in [-0.3, -0.25) is 4.79 Å². The van der Waals surface area contributed by atoms with Crippen LogP contribution in [0, 0.1) is 0 Å². The van der Waals surface area contributed by atoms with Gasteiger partial charge in [0, 0.05) is 17.6 Å². The maximum absolute atomic E-state index is 12.1. The number of ether oxygens (including phenoxy) is 1. The summed E-state index contributed by atoms with van der Waals surface area (Å²) in [6.07, 6.45) is 3.38. The largest absolute Gasteiger partial charge is 0.435 e. The number of piperidine rings is 1. The molecule has 6 heteroatoms. The van der Waals surface area contributed by atoms with E-state index in [1.165, 1.54) is 30.7 Å². The lowest BCUT2D eigenvalue weighted by Gasteiger charge is -2.29. The van der Waals surface area contributed by atoms with Gasteiger partial charge in [-0.15, -0.1) is 0 Å². The smallest absolute Gasteiger partial charge is 0.387 e. The lowest BCUT2D eigenvalue weighted by atomic mass is 9.99. The number of carbonyl (C=O) groups is 1. The Labute approximate surface area is 122 Å². The zero-order valence-corrected chi connectivity index (χ0v) is 11.9. The van der Waals surface area contributed by atoms with Gasteiger partial charge in [0.15, 0.2) is 0 Å². The predicted octanol–water partition coefficient (Wildman–Crippen LogP) is 2.55. The van der Waals surface area contributed by atoms with Crippen molar-refractivity contribution in [2.24, 2.45) is 0 Å². The van der Waals surface area contributed by atoms with Gasteiger partial charge in [-0.05, 0) is 50.6 Å². The first-order valence-corrected chi connectivity index (χ1v) is 7.15. The molecule has 2 unspecified atom stereocenters. The third-order valence-corrected chi connectivity index (χ3v) is 3.65. The van der Waals surface area contributed by atoms with Gasteiger partial charge < -0.3 is 15.4 Å². The van der Waals surface area contributed by atoms with Gasteiger partial charge in [0.05, 0.1) is 0 Å². The number of amides is 1. The Morgan fingerprint density at radius 1 is 1.33 bits per heavy atom. The maximum Gasteiger partial charge on any atom is 0.387 e. The molecule has 0 saturated carbocycles. The van der Waals surface area contributed by atoms with Gasteiger partial charge in [0.25, 0.3) is 5.91 Å². The summed E-state index contributed by atoms with van der Waals surface area (Å²) in [5, 5.41) is 6.32. The minimum atomic E-state index is -2.86. The topological polar surface area (TPSA) is 50.4 Å². The molecular formula is C15H20F2N2O2. The summed E-state index contributed by atoms with van der Waals surface area (Å²) in [7, 11) is 0. The summed E-state index contributed by atoms with van der Waals surface area (Å²) in [6.45, 7) is 0.0850. The van der Waals surface area contributed by atoms with Crippen molar-refractivity contribution >= 4 is 5.91 Å². The molecule has 2 atom stereocenters. The van der Waals surface area contributed by atoms with Crippen LogP contribution in [0.4, 0.5) is 8.78 Å². The quantitative estimate of drug-likeness (QED) is 0.878. The van der Waals surface area contributed by atoms with Crippen molar-refractivity contribution in [3.8, 4) is 5.75 Å². The van der Waals surface area contributed by atoms with Crippen LogP contribution >= 0.6 is 0 Å². The second-order valence-electron chi connectivity index (χ2n) is 5.22. The number of benzene rings is 1. The molecule has 0 aliphatic carbocycles. The Kier molecular flexibility index (Phi) is 5.50. The zero-order chi connectivity index (χ0) is 15.2. The second-order valence-corrected chi connectivity index (χ2v) is 5.22. The second kappa shape index (κ2) is 7.36. The van der Waals surface area contributed by atoms with Gasteiger partial charge in [-0.2, -0.15) is 8.78 Å². The van der Waals surface area contributed by atoms with E-state index in [-0.39, 0.29) is 23.7 Å². The van der Waals surface area contributed by atoms with Crippen molar-refractivity contribution in [2.45, 2.75) is 44.9 Å². The highest BCUT2D eigenvalue weighted by Crippen LogP contribution is 2.15. The van der Waals surface area contributed by atoms with Crippen LogP contribution in [0.3, 0.4) is 0 Å². The van der Waals surface area contributed by atoms with E-state index in [9.17, 15) is 13.6 Å². The van der Waals surface area contributed by atoms with Gasteiger partial charge >= 0.3 is 6.61 Å². The Balaban J connectivity index is 1.90. The van der Waals surface area contributed by atoms with E-state index >= 15 is 0 Å². The lowest BCUT2D eigenvalue weighted by molar-refractivity contribution is -0.0498. The highest BCUT2D eigenvalue weighted by Gasteiger charge is 2.21. The fraction of sp³-hybridized carbons (Fsp3) is 0.533. The minimum absolute atomic E-state index is 0.0230. The summed E-state index contributed by atoms with van der Waals surface area (Å²) < 4.78 is 28.3. The summed E-state index contributed by atoms with van der Waals surface area (Å²) in [4.78, 5) is 12.1. The number of halogens is 2. The average molecular weight is 298 g/mol. The van der Waals surface area contributed by atoms with E-state index in [1.54, 1.807) is 0 Å². The van der Waals surface area contributed by atoms with Crippen molar-refractivity contribution in [2.75, 3.05) is 6.54 Å². The van der Waals surface area contributed by atoms with Crippen molar-refractivity contribution in [1.29, 1.82) is 0 Å². The van der Waals surface area contributed by atoms with Crippen LogP contribution in [-0.2, 0) is 0 Å². The number of carbonyl (C=O) groups excluding carboxylic acids is 1. The third-order valence-electron chi connectivity index (χ3n) is 3.65. The molecule has 1 heterocycles. The molecule has 1 aromatic rings. The van der Waals surface area contributed by atoms with E-state index in [0.717, 1.165) is 19.4 Å². The van der Waals surface area contributed by atoms with Crippen LogP contribution in [0.2, 0.25) is 0 Å². The number of alkyl halides is 2. The Morgan fingerprint density at radius 3 is 2.62 bits per heavy atom. The standard InChI is InChI=1S/C15H20F2N2O2/c1-10(13-4-2-3-9-18-13)19-14(20)11-5-7-12(8-6-11)21-15(16)17/h5-8,10,13,15,18H,2-4,9H2,1H3,(H,19,20). The molecule has 1 aromatic carbocycles. The molecule has 4 nitrogen and oxygen atoms in total. The van der Waals surface area contributed by atoms with Crippen LogP contribution in [0.25, 0.3) is 0 Å². The Hall–Kier alpha value is -1.69. The first-order valence-electron chi connectivity index (χ1n) is 7.15. The molecule has 0 bridgehead atoms. The van der Waals surface area contributed by atoms with Crippen LogP contribution in [0.1, 0.15) is 36.5 Å². The summed E-state index contributed by atoms with van der Waals surface area (Å²) in [6, 6.07) is 6.00. The molecule has 1 amide bonds. The number of rotatable bonds is 5. The normalized spacial score (nSPS) is 20.1. The minimum Gasteiger partial charge on any atom is -0.435 e. The highest BCUT2D eigenvalue weighted by atomic mass is 19.3. The summed E-state index contributed by atoms with van der Waals surface area (Å²) >= 11 is 0. The molecule has 1 aliphatic rings. The van der Waals surface area contributed by atoms with Crippen molar-refractivity contribution in [3.63, 3.8) is 0 Å². The monoisotopic (exact) mass is 298 g/mol. The summed E-state index contributed by atoms with van der Waals surface area (Å²) in [5.74, 6) is -0.165. The molecule has 0 radical (unpaired) electrons. The fourth-order valence-corrected chi connectivity index (χ4v) is 2.48. The fourth-order valence-electron chi connectivity index (χ4n) is 2.48. The van der Waals surface area contributed by atoms with Gasteiger partial charge in [-0.25, -0.2) is 0 Å². The van der Waals surface area contributed by atoms with Gasteiger partial charge in [0.2, 0.25) is 0 Å². The first kappa shape index (κ1) is 15.7. The maximum atomic E-state index is 12.1. The highest BCUT2D eigenvalue weighted by molar-refractivity contribution is 5.94. The SMILES string of the molecule is CC(NC(=O)c1ccc(OC(F)F)cc1)C1CCCCN1. The van der Waals surface area contributed by atoms with Crippen LogP contribution in [0.5, 0.6) is 5.75 Å². The van der Waals surface area contributed by atoms with E-state index in [0.29, 0.717) is 5.56 Å². The zero-order valence-electron chi connectivity index (χ0n) is 11.9. The van der Waals surface area contributed by atoms with Crippen molar-refractivity contribution in [1.82, 2.24) is 10.6 Å². The molecule has 21 heavy (non-hydrogen) atoms. The number of nitrogens with one attached hydrogen (secondary N) is 2. The molecule has 1 aliphatic heterocycles. The van der Waals surface area contributed by atoms with Crippen LogP contribution < -0.4 is 15.4 Å². The Bertz CT molecular complexity index is 459. The molecule has 2 rings (SSSR count). The molecule has 116 valence electrons. The van der Waals surface area contributed by atoms with E-state index in [4.69, 9.17) is 0 Å². The lowest BCUT2D eigenvalue weighted by Crippen LogP contribution is -2.50. The third kappa shape index (κ3) is 4.67. The van der Waals surface area contributed by atoms with E-state index < -0.39 is 6.61 Å². The van der Waals surface area contributed by atoms with Gasteiger partial charge in [0.1, 0.15) is 5.75 Å². The molecule has 0 aromatic heterocycles. The number of hydrogen-bond acceptors (Lipinski definition) is 3. The molecule has 1 saturated heterocycles. The molecule has 2 N–H and O–H groups in total. The van der Waals surface area contributed by atoms with Crippen LogP contribution in [-0.4, -0.2) is 31.1 Å². The van der Waals surface area contributed by atoms with E-state index in [1.807, 2.05) is 6.92 Å². The average Bonchev–Trinajstić information content (AvgIpc) is 2.48. The number of hydrogen-bond donors (Lipinski definition) is 2. The van der Waals surface area contributed by atoms with Crippen molar-refractivity contribution < 1.29 is 18.3 Å². The first-order chi connectivity index (χ1) is 10.1. The summed E-state index contributed by atoms with van der Waals surface area (Å²) in [5.41, 5.74) is 0.430. The van der Waals surface area contributed by atoms with E-state index in [2.05, 4.69) is 15.4 Å².